The number of fused-ring (bicyclic) bond motifs is 1. The molecule has 202 valence electrons. The lowest BCUT2D eigenvalue weighted by molar-refractivity contribution is -0.123. The van der Waals surface area contributed by atoms with Crippen LogP contribution in [0.2, 0.25) is 15.1 Å². The summed E-state index contributed by atoms with van der Waals surface area (Å²) in [6, 6.07) is 12.1. The summed E-state index contributed by atoms with van der Waals surface area (Å²) in [4.78, 5) is 27.3. The van der Waals surface area contributed by atoms with Gasteiger partial charge in [0, 0.05) is 11.1 Å². The molecule has 1 saturated heterocycles. The highest BCUT2D eigenvalue weighted by Gasteiger charge is 2.36. The summed E-state index contributed by atoms with van der Waals surface area (Å²) in [6.07, 6.45) is 1.64. The normalized spacial score (nSPS) is 15.4. The Hall–Kier alpha value is -2.56. The van der Waals surface area contributed by atoms with E-state index in [2.05, 4.69) is 15.9 Å². The van der Waals surface area contributed by atoms with Crippen molar-refractivity contribution in [2.45, 2.75) is 20.1 Å². The molecule has 5 rings (SSSR count). The van der Waals surface area contributed by atoms with Crippen molar-refractivity contribution in [1.82, 2.24) is 4.90 Å². The molecule has 12 heteroatoms. The number of halogens is 4. The zero-order valence-corrected chi connectivity index (χ0v) is 24.9. The Bertz CT molecular complexity index is 1520. The average Bonchev–Trinajstić information content (AvgIpc) is 3.45. The molecule has 0 N–H and O–H groups in total. The molecule has 0 saturated carbocycles. The van der Waals surface area contributed by atoms with Crippen molar-refractivity contribution in [3.8, 4) is 23.0 Å². The van der Waals surface area contributed by atoms with Gasteiger partial charge in [0.1, 0.15) is 6.61 Å². The molecule has 39 heavy (non-hydrogen) atoms. The first kappa shape index (κ1) is 28.0. The lowest BCUT2D eigenvalue weighted by Gasteiger charge is -2.15. The van der Waals surface area contributed by atoms with E-state index in [1.807, 2.05) is 13.0 Å². The predicted molar refractivity (Wildman–Crippen MR) is 155 cm³/mol. The van der Waals surface area contributed by atoms with E-state index in [4.69, 9.17) is 53.8 Å². The first-order chi connectivity index (χ1) is 18.7. The summed E-state index contributed by atoms with van der Waals surface area (Å²) in [6.45, 7) is 2.59. The van der Waals surface area contributed by atoms with E-state index in [-0.39, 0.29) is 24.8 Å². The number of rotatable bonds is 8. The molecule has 2 amide bonds. The third kappa shape index (κ3) is 6.12. The van der Waals surface area contributed by atoms with Crippen molar-refractivity contribution in [1.29, 1.82) is 0 Å². The Morgan fingerprint density at radius 1 is 1.00 bits per heavy atom. The Labute approximate surface area is 252 Å². The third-order valence-electron chi connectivity index (χ3n) is 5.74. The van der Waals surface area contributed by atoms with Gasteiger partial charge in [0.15, 0.2) is 23.0 Å². The second-order valence-electron chi connectivity index (χ2n) is 8.36. The van der Waals surface area contributed by atoms with Gasteiger partial charge in [0.2, 0.25) is 6.79 Å². The fourth-order valence-corrected chi connectivity index (χ4v) is 5.84. The Kier molecular flexibility index (Phi) is 8.54. The molecule has 0 aromatic heterocycles. The second-order valence-corrected chi connectivity index (χ2v) is 11.4. The molecule has 3 aromatic rings. The van der Waals surface area contributed by atoms with E-state index in [1.165, 1.54) is 0 Å². The van der Waals surface area contributed by atoms with Gasteiger partial charge in [-0.05, 0) is 87.7 Å². The number of hydrogen-bond donors (Lipinski definition) is 0. The molecule has 7 nitrogen and oxygen atoms in total. The summed E-state index contributed by atoms with van der Waals surface area (Å²) in [5, 5.41) is 0.881. The maximum absolute atomic E-state index is 13.2. The quantitative estimate of drug-likeness (QED) is 0.223. The molecule has 0 unspecified atom stereocenters. The average molecular weight is 672 g/mol. The van der Waals surface area contributed by atoms with Gasteiger partial charge in [-0.25, -0.2) is 0 Å². The summed E-state index contributed by atoms with van der Waals surface area (Å²) in [5.41, 5.74) is 2.06. The van der Waals surface area contributed by atoms with E-state index in [0.717, 1.165) is 22.2 Å². The number of hydrogen-bond acceptors (Lipinski definition) is 7. The lowest BCUT2D eigenvalue weighted by atomic mass is 10.1. The molecular formula is C27H19BrCl3NO6S. The van der Waals surface area contributed by atoms with Gasteiger partial charge in [0.25, 0.3) is 11.1 Å². The van der Waals surface area contributed by atoms with Gasteiger partial charge in [0.05, 0.1) is 32.6 Å². The fourth-order valence-electron chi connectivity index (χ4n) is 3.90. The molecule has 0 spiro atoms. The third-order valence-corrected chi connectivity index (χ3v) is 8.33. The first-order valence-electron chi connectivity index (χ1n) is 11.6. The van der Waals surface area contributed by atoms with E-state index in [0.29, 0.717) is 60.3 Å². The molecule has 0 bridgehead atoms. The van der Waals surface area contributed by atoms with Crippen molar-refractivity contribution in [2.24, 2.45) is 0 Å². The Balaban J connectivity index is 1.36. The standard InChI is InChI=1S/C27H19BrCl3NO6S/c1-2-35-23-7-15(5-17(28)25(23)36-12-14-3-4-18(29)20(31)6-14)8-24-26(33)32(27(34)39-24)11-16-9-21-22(10-19(16)30)38-13-37-21/h3-10H,2,11-13H2,1H3/b24-8+. The number of carbonyl (C=O) groups excluding carboxylic acids is 2. The number of ether oxygens (including phenoxy) is 4. The summed E-state index contributed by atoms with van der Waals surface area (Å²) < 4.78 is 23.2. The smallest absolute Gasteiger partial charge is 0.293 e. The first-order valence-corrected chi connectivity index (χ1v) is 14.3. The van der Waals surface area contributed by atoms with E-state index < -0.39 is 11.1 Å². The molecule has 0 aliphatic carbocycles. The highest BCUT2D eigenvalue weighted by molar-refractivity contribution is 9.10. The zero-order chi connectivity index (χ0) is 27.7. The summed E-state index contributed by atoms with van der Waals surface area (Å²) in [7, 11) is 0. The molecule has 2 aliphatic heterocycles. The highest BCUT2D eigenvalue weighted by Crippen LogP contribution is 2.41. The van der Waals surface area contributed by atoms with Gasteiger partial charge < -0.3 is 18.9 Å². The van der Waals surface area contributed by atoms with Crippen LogP contribution in [0.1, 0.15) is 23.6 Å². The van der Waals surface area contributed by atoms with Gasteiger partial charge in [-0.1, -0.05) is 40.9 Å². The van der Waals surface area contributed by atoms with Gasteiger partial charge in [-0.2, -0.15) is 0 Å². The lowest BCUT2D eigenvalue weighted by Crippen LogP contribution is -2.27. The highest BCUT2D eigenvalue weighted by atomic mass is 79.9. The maximum atomic E-state index is 13.2. The molecule has 2 aliphatic rings. The van der Waals surface area contributed by atoms with Crippen molar-refractivity contribution >= 4 is 79.7 Å². The monoisotopic (exact) mass is 669 g/mol. The number of imide groups is 1. The summed E-state index contributed by atoms with van der Waals surface area (Å²) >= 11 is 22.9. The van der Waals surface area contributed by atoms with Crippen LogP contribution in [-0.2, 0) is 17.9 Å². The molecule has 3 aromatic carbocycles. The van der Waals surface area contributed by atoms with Crippen LogP contribution in [0.25, 0.3) is 6.08 Å². The molecule has 0 atom stereocenters. The Morgan fingerprint density at radius 3 is 2.51 bits per heavy atom. The number of carbonyl (C=O) groups is 2. The van der Waals surface area contributed by atoms with Gasteiger partial charge in [-0.3, -0.25) is 14.5 Å². The minimum atomic E-state index is -0.423. The fraction of sp³-hybridized carbons (Fsp3) is 0.185. The van der Waals surface area contributed by atoms with Crippen LogP contribution in [0, 0.1) is 0 Å². The van der Waals surface area contributed by atoms with E-state index in [1.54, 1.807) is 42.5 Å². The molecule has 2 heterocycles. The second kappa shape index (κ2) is 11.9. The predicted octanol–water partition coefficient (Wildman–Crippen LogP) is 8.35. The molecule has 0 radical (unpaired) electrons. The van der Waals surface area contributed by atoms with Crippen LogP contribution in [0.5, 0.6) is 23.0 Å². The van der Waals surface area contributed by atoms with Crippen LogP contribution in [0.15, 0.2) is 51.8 Å². The zero-order valence-electron chi connectivity index (χ0n) is 20.3. The summed E-state index contributed by atoms with van der Waals surface area (Å²) in [5.74, 6) is 1.59. The van der Waals surface area contributed by atoms with Gasteiger partial charge in [-0.15, -0.1) is 0 Å². The Morgan fingerprint density at radius 2 is 1.77 bits per heavy atom. The van der Waals surface area contributed by atoms with E-state index >= 15 is 0 Å². The van der Waals surface area contributed by atoms with Crippen LogP contribution in [0.3, 0.4) is 0 Å². The number of nitrogens with zero attached hydrogens (tertiary/aromatic N) is 1. The maximum Gasteiger partial charge on any atom is 0.293 e. The van der Waals surface area contributed by atoms with Crippen molar-refractivity contribution in [3.05, 3.63) is 83.6 Å². The van der Waals surface area contributed by atoms with Crippen molar-refractivity contribution in [3.63, 3.8) is 0 Å². The van der Waals surface area contributed by atoms with E-state index in [9.17, 15) is 9.59 Å². The largest absolute Gasteiger partial charge is 0.490 e. The van der Waals surface area contributed by atoms with Crippen LogP contribution >= 0.6 is 62.5 Å². The SMILES string of the molecule is CCOc1cc(/C=C2/SC(=O)N(Cc3cc4c(cc3Cl)OCO4)C2=O)cc(Br)c1OCc1ccc(Cl)c(Cl)c1. The molecular weight excluding hydrogens is 653 g/mol. The van der Waals surface area contributed by atoms with Crippen LogP contribution < -0.4 is 18.9 Å². The minimum absolute atomic E-state index is 0.00681. The minimum Gasteiger partial charge on any atom is -0.490 e. The van der Waals surface area contributed by atoms with Crippen LogP contribution in [-0.4, -0.2) is 29.4 Å². The molecule has 1 fully saturated rings. The van der Waals surface area contributed by atoms with Gasteiger partial charge >= 0.3 is 0 Å². The number of thioether (sulfide) groups is 1. The topological polar surface area (TPSA) is 74.3 Å². The number of benzene rings is 3. The van der Waals surface area contributed by atoms with Crippen molar-refractivity contribution in [2.75, 3.05) is 13.4 Å². The number of amides is 2. The van der Waals surface area contributed by atoms with Crippen molar-refractivity contribution < 1.29 is 28.5 Å². The van der Waals surface area contributed by atoms with Crippen LogP contribution in [0.4, 0.5) is 4.79 Å².